The lowest BCUT2D eigenvalue weighted by Gasteiger charge is -2.36. The Morgan fingerprint density at radius 2 is 1.26 bits per heavy atom. The van der Waals surface area contributed by atoms with Gasteiger partial charge in [0, 0.05) is 0 Å². The molecular formula is C30H36N2O2. The highest BCUT2D eigenvalue weighted by atomic mass is 16.5. The van der Waals surface area contributed by atoms with Crippen LogP contribution in [-0.2, 0) is 0 Å². The van der Waals surface area contributed by atoms with Crippen LogP contribution in [0.5, 0.6) is 5.75 Å². The number of esters is 1. The number of hydrogen-bond donors (Lipinski definition) is 0. The third-order valence-corrected chi connectivity index (χ3v) is 5.77. The van der Waals surface area contributed by atoms with Crippen LogP contribution in [0.15, 0.2) is 83.0 Å². The molecule has 34 heavy (non-hydrogen) atoms. The molecule has 0 N–H and O–H groups in total. The van der Waals surface area contributed by atoms with Gasteiger partial charge in [0.2, 0.25) is 0 Å². The summed E-state index contributed by atoms with van der Waals surface area (Å²) >= 11 is 0. The zero-order valence-corrected chi connectivity index (χ0v) is 21.4. The summed E-state index contributed by atoms with van der Waals surface area (Å²) in [5, 5.41) is 8.46. The van der Waals surface area contributed by atoms with Crippen LogP contribution in [0.1, 0.15) is 75.4 Å². The van der Waals surface area contributed by atoms with E-state index in [0.717, 1.165) is 12.1 Å². The molecule has 0 aliphatic rings. The number of rotatable bonds is 6. The normalized spacial score (nSPS) is 13.1. The van der Waals surface area contributed by atoms with Gasteiger partial charge in [0.25, 0.3) is 0 Å². The average Bonchev–Trinajstić information content (AvgIpc) is 2.77. The smallest absolute Gasteiger partial charge is 0.343 e. The molecule has 0 radical (unpaired) electrons. The Kier molecular flexibility index (Phi) is 7.71. The van der Waals surface area contributed by atoms with Crippen LogP contribution in [0.3, 0.4) is 0 Å². The van der Waals surface area contributed by atoms with Crippen molar-refractivity contribution >= 4 is 17.3 Å². The summed E-state index contributed by atoms with van der Waals surface area (Å²) in [6.45, 7) is 15.7. The van der Waals surface area contributed by atoms with Crippen LogP contribution in [0, 0.1) is 17.8 Å². The maximum atomic E-state index is 12.6. The van der Waals surface area contributed by atoms with Gasteiger partial charge in [0.1, 0.15) is 5.75 Å². The Balaban J connectivity index is 1.65. The molecule has 1 atom stereocenters. The molecular weight excluding hydrogens is 420 g/mol. The van der Waals surface area contributed by atoms with Gasteiger partial charge in [-0.15, -0.1) is 0 Å². The minimum absolute atomic E-state index is 0.143. The van der Waals surface area contributed by atoms with Crippen molar-refractivity contribution < 1.29 is 9.53 Å². The number of benzene rings is 3. The first-order chi connectivity index (χ1) is 15.9. The van der Waals surface area contributed by atoms with Gasteiger partial charge in [-0.2, -0.15) is 10.2 Å². The minimum Gasteiger partial charge on any atom is -0.423 e. The van der Waals surface area contributed by atoms with Crippen molar-refractivity contribution in [2.24, 2.45) is 21.1 Å². The predicted molar refractivity (Wildman–Crippen MR) is 139 cm³/mol. The van der Waals surface area contributed by atoms with E-state index in [4.69, 9.17) is 4.74 Å². The molecule has 0 heterocycles. The second kappa shape index (κ2) is 10.3. The van der Waals surface area contributed by atoms with E-state index >= 15 is 0 Å². The molecule has 0 saturated heterocycles. The van der Waals surface area contributed by atoms with E-state index in [9.17, 15) is 4.79 Å². The summed E-state index contributed by atoms with van der Waals surface area (Å²) in [7, 11) is 0. The fraction of sp³-hybridized carbons (Fsp3) is 0.367. The highest BCUT2D eigenvalue weighted by molar-refractivity contribution is 5.91. The molecule has 0 fully saturated rings. The highest BCUT2D eigenvalue weighted by Crippen LogP contribution is 2.43. The van der Waals surface area contributed by atoms with E-state index < -0.39 is 5.97 Å². The molecule has 0 spiro atoms. The Hall–Kier alpha value is -3.27. The van der Waals surface area contributed by atoms with Crippen molar-refractivity contribution in [2.75, 3.05) is 0 Å². The lowest BCUT2D eigenvalue weighted by atomic mass is 9.69. The van der Waals surface area contributed by atoms with E-state index in [-0.39, 0.29) is 10.8 Å². The minimum atomic E-state index is -0.392. The molecule has 3 rings (SSSR count). The van der Waals surface area contributed by atoms with Crippen LogP contribution in [0.2, 0.25) is 0 Å². The van der Waals surface area contributed by atoms with Crippen LogP contribution >= 0.6 is 0 Å². The van der Waals surface area contributed by atoms with Crippen molar-refractivity contribution in [3.8, 4) is 5.75 Å². The maximum absolute atomic E-state index is 12.6. The second-order valence-corrected chi connectivity index (χ2v) is 11.2. The molecule has 4 heteroatoms. The van der Waals surface area contributed by atoms with Gasteiger partial charge in [-0.3, -0.25) is 0 Å². The molecule has 3 aromatic carbocycles. The summed E-state index contributed by atoms with van der Waals surface area (Å²) in [6.07, 6.45) is 1.09. The van der Waals surface area contributed by atoms with Gasteiger partial charge < -0.3 is 4.74 Å². The zero-order chi connectivity index (χ0) is 24.9. The van der Waals surface area contributed by atoms with Gasteiger partial charge in [0.15, 0.2) is 0 Å². The van der Waals surface area contributed by atoms with Crippen LogP contribution in [0.25, 0.3) is 0 Å². The van der Waals surface area contributed by atoms with Gasteiger partial charge in [-0.1, -0.05) is 71.4 Å². The number of ether oxygens (including phenoxy) is 1. The third-order valence-electron chi connectivity index (χ3n) is 5.77. The topological polar surface area (TPSA) is 51.0 Å². The molecule has 3 aromatic rings. The summed E-state index contributed by atoms with van der Waals surface area (Å²) in [6, 6.07) is 22.7. The summed E-state index contributed by atoms with van der Waals surface area (Å²) in [5.74, 6) is 0.566. The SMILES string of the molecule is Cc1ccc(N=Nc2ccc(C(=O)Oc3ccc(C(CC(C)(C)C)C(C)(C)C)cc3)cc2)cc1. The van der Waals surface area contributed by atoms with Crippen LogP contribution in [-0.4, -0.2) is 5.97 Å². The quantitative estimate of drug-likeness (QED) is 0.211. The van der Waals surface area contributed by atoms with E-state index in [2.05, 4.69) is 63.9 Å². The molecule has 1 unspecified atom stereocenters. The summed E-state index contributed by atoms with van der Waals surface area (Å²) in [5.41, 5.74) is 4.75. The molecule has 4 nitrogen and oxygen atoms in total. The number of aryl methyl sites for hydroxylation is 1. The van der Waals surface area contributed by atoms with Crippen molar-refractivity contribution in [3.63, 3.8) is 0 Å². The number of nitrogens with zero attached hydrogens (tertiary/aromatic N) is 2. The molecule has 0 saturated carbocycles. The van der Waals surface area contributed by atoms with Gasteiger partial charge >= 0.3 is 5.97 Å². The summed E-state index contributed by atoms with van der Waals surface area (Å²) < 4.78 is 5.61. The van der Waals surface area contributed by atoms with E-state index in [1.165, 1.54) is 11.1 Å². The second-order valence-electron chi connectivity index (χ2n) is 11.2. The van der Waals surface area contributed by atoms with E-state index in [1.54, 1.807) is 24.3 Å². The van der Waals surface area contributed by atoms with Crippen molar-refractivity contribution in [3.05, 3.63) is 89.5 Å². The standard InChI is InChI=1S/C30H36N2O2/c1-21-8-14-24(15-9-21)31-32-25-16-10-23(11-17-25)28(33)34-26-18-12-22(13-19-26)27(30(5,6)7)20-29(2,3)4/h8-19,27H,20H2,1-7H3. The van der Waals surface area contributed by atoms with Gasteiger partial charge in [0.05, 0.1) is 16.9 Å². The van der Waals surface area contributed by atoms with Crippen molar-refractivity contribution in [1.82, 2.24) is 0 Å². The Morgan fingerprint density at radius 3 is 1.74 bits per heavy atom. The fourth-order valence-corrected chi connectivity index (χ4v) is 3.86. The van der Waals surface area contributed by atoms with Crippen molar-refractivity contribution in [2.45, 2.75) is 60.8 Å². The molecule has 178 valence electrons. The number of azo groups is 1. The van der Waals surface area contributed by atoms with Gasteiger partial charge in [-0.25, -0.2) is 4.79 Å². The number of carbonyl (C=O) groups is 1. The van der Waals surface area contributed by atoms with E-state index in [0.29, 0.717) is 22.9 Å². The molecule has 0 aliphatic carbocycles. The van der Waals surface area contributed by atoms with Crippen LogP contribution < -0.4 is 4.74 Å². The Labute approximate surface area is 204 Å². The van der Waals surface area contributed by atoms with Crippen molar-refractivity contribution in [1.29, 1.82) is 0 Å². The predicted octanol–water partition coefficient (Wildman–Crippen LogP) is 9.20. The first-order valence-corrected chi connectivity index (χ1v) is 11.8. The maximum Gasteiger partial charge on any atom is 0.343 e. The molecule has 0 amide bonds. The largest absolute Gasteiger partial charge is 0.423 e. The summed E-state index contributed by atoms with van der Waals surface area (Å²) in [4.78, 5) is 12.6. The Bertz CT molecular complexity index is 1110. The Morgan fingerprint density at radius 1 is 0.765 bits per heavy atom. The number of carbonyl (C=O) groups excluding carboxylic acids is 1. The first-order valence-electron chi connectivity index (χ1n) is 11.8. The number of hydrogen-bond acceptors (Lipinski definition) is 4. The molecule has 0 bridgehead atoms. The first kappa shape index (κ1) is 25.4. The lowest BCUT2D eigenvalue weighted by molar-refractivity contribution is 0.0734. The van der Waals surface area contributed by atoms with Gasteiger partial charge in [-0.05, 0) is 84.2 Å². The lowest BCUT2D eigenvalue weighted by Crippen LogP contribution is -2.23. The fourth-order valence-electron chi connectivity index (χ4n) is 3.86. The monoisotopic (exact) mass is 456 g/mol. The molecule has 0 aliphatic heterocycles. The average molecular weight is 457 g/mol. The van der Waals surface area contributed by atoms with Crippen LogP contribution in [0.4, 0.5) is 11.4 Å². The zero-order valence-electron chi connectivity index (χ0n) is 21.4. The highest BCUT2D eigenvalue weighted by Gasteiger charge is 2.30. The van der Waals surface area contributed by atoms with E-state index in [1.807, 2.05) is 43.3 Å². The molecule has 0 aromatic heterocycles. The third kappa shape index (κ3) is 7.38.